The predicted molar refractivity (Wildman–Crippen MR) is 60.5 cm³/mol. The molecule has 3 nitrogen and oxygen atoms in total. The summed E-state index contributed by atoms with van der Waals surface area (Å²) in [4.78, 5) is 22.3. The summed E-state index contributed by atoms with van der Waals surface area (Å²) in [7, 11) is 0. The quantitative estimate of drug-likeness (QED) is 0.634. The smallest absolute Gasteiger partial charge is 0.239 e. The number of Topliss-reactive ketones (excluding diaryl/α,β-unsaturated/α-hetero) is 1. The Bertz CT molecular complexity index is 402. The van der Waals surface area contributed by atoms with Gasteiger partial charge in [0.15, 0.2) is 5.78 Å². The van der Waals surface area contributed by atoms with E-state index in [1.165, 1.54) is 6.92 Å². The standard InChI is InChI=1S/C11H12ClNO2/c1-7-3-4-9(13-11(15)6-12)5-10(7)8(2)14/h3-5H,6H2,1-2H3,(H,13,15). The summed E-state index contributed by atoms with van der Waals surface area (Å²) in [6.07, 6.45) is 0. The number of alkyl halides is 1. The third-order valence-electron chi connectivity index (χ3n) is 2.02. The molecule has 1 aromatic carbocycles. The number of rotatable bonds is 3. The van der Waals surface area contributed by atoms with E-state index in [0.29, 0.717) is 11.3 Å². The molecule has 0 aliphatic carbocycles. The summed E-state index contributed by atoms with van der Waals surface area (Å²) in [6.45, 7) is 3.35. The van der Waals surface area contributed by atoms with Crippen molar-refractivity contribution >= 4 is 29.0 Å². The minimum absolute atomic E-state index is 0.0190. The maximum Gasteiger partial charge on any atom is 0.239 e. The number of anilines is 1. The van der Waals surface area contributed by atoms with Crippen LogP contribution >= 0.6 is 11.6 Å². The van der Waals surface area contributed by atoms with Crippen LogP contribution < -0.4 is 5.32 Å². The Morgan fingerprint density at radius 2 is 2.07 bits per heavy atom. The molecule has 0 unspecified atom stereocenters. The lowest BCUT2D eigenvalue weighted by molar-refractivity contribution is -0.113. The summed E-state index contributed by atoms with van der Waals surface area (Å²) in [5.74, 6) is -0.395. The van der Waals surface area contributed by atoms with E-state index in [0.717, 1.165) is 5.56 Å². The highest BCUT2D eigenvalue weighted by Crippen LogP contribution is 2.15. The SMILES string of the molecule is CC(=O)c1cc(NC(=O)CCl)ccc1C. The number of aryl methyl sites for hydroxylation is 1. The molecule has 0 bridgehead atoms. The van der Waals surface area contributed by atoms with Crippen molar-refractivity contribution in [1.82, 2.24) is 0 Å². The molecule has 0 atom stereocenters. The van der Waals surface area contributed by atoms with E-state index in [1.54, 1.807) is 18.2 Å². The summed E-state index contributed by atoms with van der Waals surface area (Å²) in [5, 5.41) is 2.59. The first-order valence-corrected chi connectivity index (χ1v) is 5.05. The molecule has 0 spiro atoms. The van der Waals surface area contributed by atoms with Crippen LogP contribution in [0.2, 0.25) is 0 Å². The van der Waals surface area contributed by atoms with Crippen LogP contribution in [0, 0.1) is 6.92 Å². The molecule has 0 saturated heterocycles. The lowest BCUT2D eigenvalue weighted by atomic mass is 10.0. The van der Waals surface area contributed by atoms with Gasteiger partial charge >= 0.3 is 0 Å². The third kappa shape index (κ3) is 3.06. The van der Waals surface area contributed by atoms with E-state index < -0.39 is 0 Å². The molecule has 0 fully saturated rings. The molecule has 0 aromatic heterocycles. The van der Waals surface area contributed by atoms with Crippen LogP contribution in [0.4, 0.5) is 5.69 Å². The van der Waals surface area contributed by atoms with Crippen LogP contribution in [0.3, 0.4) is 0 Å². The molecule has 0 saturated carbocycles. The van der Waals surface area contributed by atoms with Crippen LogP contribution in [0.15, 0.2) is 18.2 Å². The molecular weight excluding hydrogens is 214 g/mol. The van der Waals surface area contributed by atoms with Crippen molar-refractivity contribution in [3.8, 4) is 0 Å². The fourth-order valence-electron chi connectivity index (χ4n) is 1.27. The molecule has 15 heavy (non-hydrogen) atoms. The number of halogens is 1. The first kappa shape index (κ1) is 11.7. The molecule has 0 radical (unpaired) electrons. The molecule has 1 N–H and O–H groups in total. The summed E-state index contributed by atoms with van der Waals surface area (Å²) in [5.41, 5.74) is 2.10. The van der Waals surface area contributed by atoms with Crippen LogP contribution in [0.1, 0.15) is 22.8 Å². The Morgan fingerprint density at radius 3 is 2.60 bits per heavy atom. The van der Waals surface area contributed by atoms with Gasteiger partial charge in [-0.2, -0.15) is 0 Å². The van der Waals surface area contributed by atoms with Gasteiger partial charge < -0.3 is 5.32 Å². The molecule has 0 aliphatic rings. The monoisotopic (exact) mass is 225 g/mol. The van der Waals surface area contributed by atoms with Crippen LogP contribution in [-0.4, -0.2) is 17.6 Å². The topological polar surface area (TPSA) is 46.2 Å². The van der Waals surface area contributed by atoms with E-state index in [2.05, 4.69) is 5.32 Å². The van der Waals surface area contributed by atoms with E-state index in [9.17, 15) is 9.59 Å². The number of nitrogens with one attached hydrogen (secondary N) is 1. The second kappa shape index (κ2) is 4.94. The van der Waals surface area contributed by atoms with Gasteiger partial charge in [-0.1, -0.05) is 6.07 Å². The molecule has 0 aliphatic heterocycles. The Kier molecular flexibility index (Phi) is 3.86. The average Bonchev–Trinajstić information content (AvgIpc) is 2.20. The van der Waals surface area contributed by atoms with Gasteiger partial charge in [-0.15, -0.1) is 11.6 Å². The lowest BCUT2D eigenvalue weighted by Gasteiger charge is -2.06. The molecule has 1 amide bonds. The second-order valence-corrected chi connectivity index (χ2v) is 3.53. The highest BCUT2D eigenvalue weighted by molar-refractivity contribution is 6.29. The first-order chi connectivity index (χ1) is 7.04. The fraction of sp³-hybridized carbons (Fsp3) is 0.273. The fourth-order valence-corrected chi connectivity index (χ4v) is 1.34. The van der Waals surface area contributed by atoms with Crippen molar-refractivity contribution in [3.05, 3.63) is 29.3 Å². The third-order valence-corrected chi connectivity index (χ3v) is 2.26. The number of hydrogen-bond acceptors (Lipinski definition) is 2. The Morgan fingerprint density at radius 1 is 1.40 bits per heavy atom. The number of ketones is 1. The average molecular weight is 226 g/mol. The number of benzene rings is 1. The molecule has 4 heteroatoms. The first-order valence-electron chi connectivity index (χ1n) is 4.52. The number of carbonyl (C=O) groups is 2. The van der Waals surface area contributed by atoms with Crippen molar-refractivity contribution in [2.45, 2.75) is 13.8 Å². The Balaban J connectivity index is 2.97. The van der Waals surface area contributed by atoms with Crippen molar-refractivity contribution in [1.29, 1.82) is 0 Å². The summed E-state index contributed by atoms with van der Waals surface area (Å²) < 4.78 is 0. The lowest BCUT2D eigenvalue weighted by Crippen LogP contribution is -2.13. The number of hydrogen-bond donors (Lipinski definition) is 1. The van der Waals surface area contributed by atoms with Crippen molar-refractivity contribution in [2.24, 2.45) is 0 Å². The van der Waals surface area contributed by atoms with E-state index in [-0.39, 0.29) is 17.6 Å². The van der Waals surface area contributed by atoms with Gasteiger partial charge in [0.1, 0.15) is 5.88 Å². The highest BCUT2D eigenvalue weighted by Gasteiger charge is 2.06. The molecular formula is C11H12ClNO2. The zero-order chi connectivity index (χ0) is 11.4. The summed E-state index contributed by atoms with van der Waals surface area (Å²) >= 11 is 5.36. The predicted octanol–water partition coefficient (Wildman–Crippen LogP) is 2.37. The van der Waals surface area contributed by atoms with Gasteiger partial charge in [0, 0.05) is 11.3 Å². The normalized spacial score (nSPS) is 9.80. The van der Waals surface area contributed by atoms with Crippen LogP contribution in [-0.2, 0) is 4.79 Å². The van der Waals surface area contributed by atoms with Gasteiger partial charge in [0.25, 0.3) is 0 Å². The molecule has 1 aromatic rings. The zero-order valence-electron chi connectivity index (χ0n) is 8.63. The Labute approximate surface area is 93.4 Å². The summed E-state index contributed by atoms with van der Waals surface area (Å²) in [6, 6.07) is 5.19. The van der Waals surface area contributed by atoms with E-state index >= 15 is 0 Å². The van der Waals surface area contributed by atoms with Crippen molar-refractivity contribution < 1.29 is 9.59 Å². The molecule has 1 rings (SSSR count). The number of amides is 1. The Hall–Kier alpha value is -1.35. The van der Waals surface area contributed by atoms with Gasteiger partial charge in [-0.3, -0.25) is 9.59 Å². The minimum atomic E-state index is -0.282. The maximum absolute atomic E-state index is 11.2. The zero-order valence-corrected chi connectivity index (χ0v) is 9.39. The maximum atomic E-state index is 11.2. The number of carbonyl (C=O) groups excluding carboxylic acids is 2. The van der Waals surface area contributed by atoms with Gasteiger partial charge in [0.2, 0.25) is 5.91 Å². The second-order valence-electron chi connectivity index (χ2n) is 3.27. The highest BCUT2D eigenvalue weighted by atomic mass is 35.5. The van der Waals surface area contributed by atoms with Gasteiger partial charge in [-0.25, -0.2) is 0 Å². The van der Waals surface area contributed by atoms with Crippen LogP contribution in [0.25, 0.3) is 0 Å². The minimum Gasteiger partial charge on any atom is -0.325 e. The van der Waals surface area contributed by atoms with Crippen LogP contribution in [0.5, 0.6) is 0 Å². The molecule has 80 valence electrons. The van der Waals surface area contributed by atoms with Gasteiger partial charge in [-0.05, 0) is 31.5 Å². The van der Waals surface area contributed by atoms with Gasteiger partial charge in [0.05, 0.1) is 0 Å². The largest absolute Gasteiger partial charge is 0.325 e. The molecule has 0 heterocycles. The van der Waals surface area contributed by atoms with E-state index in [1.807, 2.05) is 6.92 Å². The van der Waals surface area contributed by atoms with Crippen molar-refractivity contribution in [2.75, 3.05) is 11.2 Å². The van der Waals surface area contributed by atoms with Crippen molar-refractivity contribution in [3.63, 3.8) is 0 Å². The van der Waals surface area contributed by atoms with E-state index in [4.69, 9.17) is 11.6 Å².